The van der Waals surface area contributed by atoms with E-state index in [1.807, 2.05) is 0 Å². The Morgan fingerprint density at radius 2 is 1.75 bits per heavy atom. The first-order valence-corrected chi connectivity index (χ1v) is 6.29. The molecule has 1 aromatic heterocycles. The van der Waals surface area contributed by atoms with Crippen molar-refractivity contribution in [2.45, 2.75) is 12.0 Å². The molecule has 1 fully saturated rings. The third-order valence-electron chi connectivity index (χ3n) is 2.90. The predicted molar refractivity (Wildman–Crippen MR) is 65.8 cm³/mol. The van der Waals surface area contributed by atoms with Crippen LogP contribution in [-0.4, -0.2) is 29.4 Å². The summed E-state index contributed by atoms with van der Waals surface area (Å²) in [5.41, 5.74) is 0.564. The summed E-state index contributed by atoms with van der Waals surface area (Å²) in [4.78, 5) is 6.40. The number of nitrogens with zero attached hydrogens (tertiary/aromatic N) is 1. The van der Waals surface area contributed by atoms with Crippen LogP contribution in [0.3, 0.4) is 0 Å². The Morgan fingerprint density at radius 1 is 1.15 bits per heavy atom. The molecule has 0 atom stereocenters. The minimum atomic E-state index is -4.76. The second-order valence-corrected chi connectivity index (χ2v) is 4.99. The summed E-state index contributed by atoms with van der Waals surface area (Å²) in [6, 6.07) is 2.77. The largest absolute Gasteiger partial charge is 0.451 e. The van der Waals surface area contributed by atoms with Crippen LogP contribution in [0.25, 0.3) is 11.0 Å². The molecule has 1 N–H and O–H groups in total. The van der Waals surface area contributed by atoms with Crippen molar-refractivity contribution >= 4 is 34.2 Å². The Morgan fingerprint density at radius 3 is 2.35 bits per heavy atom. The molecule has 0 bridgehead atoms. The van der Waals surface area contributed by atoms with Crippen LogP contribution in [0.2, 0.25) is 10.0 Å². The van der Waals surface area contributed by atoms with Crippen molar-refractivity contribution in [3.8, 4) is 0 Å². The number of hydrogen-bond donors (Lipinski definition) is 1. The van der Waals surface area contributed by atoms with E-state index in [0.29, 0.717) is 5.52 Å². The molecular weight excluding hydrogens is 320 g/mol. The lowest BCUT2D eigenvalue weighted by Gasteiger charge is -2.27. The van der Waals surface area contributed by atoms with Crippen LogP contribution in [0, 0.1) is 0 Å². The van der Waals surface area contributed by atoms with Crippen LogP contribution in [0.1, 0.15) is 5.82 Å². The number of aromatic nitrogens is 2. The van der Waals surface area contributed by atoms with Gasteiger partial charge >= 0.3 is 12.0 Å². The van der Waals surface area contributed by atoms with E-state index in [2.05, 4.69) is 9.97 Å². The molecule has 3 rings (SSSR count). The Labute approximate surface area is 120 Å². The number of hydrogen-bond acceptors (Lipinski definition) is 3. The number of ether oxygens (including phenoxy) is 2. The molecule has 2 heterocycles. The fourth-order valence-corrected chi connectivity index (χ4v) is 2.33. The lowest BCUT2D eigenvalue weighted by atomic mass is 10.2. The van der Waals surface area contributed by atoms with Crippen molar-refractivity contribution in [2.75, 3.05) is 13.2 Å². The van der Waals surface area contributed by atoms with Gasteiger partial charge in [-0.05, 0) is 12.1 Å². The zero-order valence-corrected chi connectivity index (χ0v) is 11.2. The van der Waals surface area contributed by atoms with Gasteiger partial charge in [0, 0.05) is 0 Å². The van der Waals surface area contributed by atoms with E-state index < -0.39 is 17.8 Å². The van der Waals surface area contributed by atoms with E-state index in [1.54, 1.807) is 0 Å². The molecule has 9 heteroatoms. The summed E-state index contributed by atoms with van der Waals surface area (Å²) in [5.74, 6) is -3.35. The molecule has 1 aromatic carbocycles. The highest BCUT2D eigenvalue weighted by Crippen LogP contribution is 2.45. The maximum absolute atomic E-state index is 13.2. The average molecular weight is 327 g/mol. The van der Waals surface area contributed by atoms with E-state index in [1.165, 1.54) is 12.1 Å². The molecule has 20 heavy (non-hydrogen) atoms. The minimum absolute atomic E-state index is 0.169. The van der Waals surface area contributed by atoms with Crippen molar-refractivity contribution in [1.82, 2.24) is 9.97 Å². The van der Waals surface area contributed by atoms with Gasteiger partial charge in [-0.3, -0.25) is 0 Å². The monoisotopic (exact) mass is 326 g/mol. The van der Waals surface area contributed by atoms with Crippen LogP contribution in [0.15, 0.2) is 12.1 Å². The number of benzene rings is 1. The zero-order valence-electron chi connectivity index (χ0n) is 9.72. The van der Waals surface area contributed by atoms with Crippen molar-refractivity contribution in [1.29, 1.82) is 0 Å². The molecule has 0 spiro atoms. The van der Waals surface area contributed by atoms with Crippen LogP contribution >= 0.6 is 23.2 Å². The quantitative estimate of drug-likeness (QED) is 0.870. The third-order valence-corrected chi connectivity index (χ3v) is 3.63. The zero-order chi connectivity index (χ0) is 14.5. The van der Waals surface area contributed by atoms with Gasteiger partial charge < -0.3 is 14.5 Å². The predicted octanol–water partition coefficient (Wildman–Crippen LogP) is 3.63. The molecule has 0 unspecified atom stereocenters. The number of H-pyrrole nitrogens is 1. The summed E-state index contributed by atoms with van der Waals surface area (Å²) in [7, 11) is 0. The second-order valence-electron chi connectivity index (χ2n) is 4.18. The van der Waals surface area contributed by atoms with Crippen LogP contribution < -0.4 is 0 Å². The Kier molecular flexibility index (Phi) is 3.13. The molecule has 1 aliphatic heterocycles. The number of alkyl halides is 3. The van der Waals surface area contributed by atoms with Gasteiger partial charge in [0.1, 0.15) is 0 Å². The third kappa shape index (κ3) is 1.96. The molecule has 0 saturated carbocycles. The lowest BCUT2D eigenvalue weighted by Crippen LogP contribution is -2.44. The van der Waals surface area contributed by atoms with E-state index in [-0.39, 0.29) is 28.8 Å². The Hall–Kier alpha value is -1.02. The van der Waals surface area contributed by atoms with Crippen molar-refractivity contribution in [3.05, 3.63) is 28.0 Å². The van der Waals surface area contributed by atoms with Gasteiger partial charge in [-0.15, -0.1) is 0 Å². The van der Waals surface area contributed by atoms with Gasteiger partial charge in [-0.2, -0.15) is 13.2 Å². The molecule has 0 radical (unpaired) electrons. The van der Waals surface area contributed by atoms with E-state index in [0.717, 1.165) is 0 Å². The average Bonchev–Trinajstić information content (AvgIpc) is 2.95. The molecule has 0 amide bonds. The second kappa shape index (κ2) is 4.49. The molecule has 4 nitrogen and oxygen atoms in total. The van der Waals surface area contributed by atoms with Gasteiger partial charge in [0.25, 0.3) is 0 Å². The van der Waals surface area contributed by atoms with E-state index in [9.17, 15) is 13.2 Å². The standard InChI is InChI=1S/C11H7Cl2F3N2O2/c12-5-3-7-8(4-6(5)13)18-9(17-7)10(11(14,15)16)19-1-2-20-10/h3-4H,1-2H2,(H,17,18). The topological polar surface area (TPSA) is 47.1 Å². The number of halogens is 5. The highest BCUT2D eigenvalue weighted by atomic mass is 35.5. The van der Waals surface area contributed by atoms with Crippen LogP contribution in [0.4, 0.5) is 13.2 Å². The fraction of sp³-hybridized carbons (Fsp3) is 0.364. The maximum Gasteiger partial charge on any atom is 0.451 e. The van der Waals surface area contributed by atoms with Crippen molar-refractivity contribution in [3.63, 3.8) is 0 Å². The summed E-state index contributed by atoms with van der Waals surface area (Å²) in [6.45, 7) is -0.337. The van der Waals surface area contributed by atoms with Gasteiger partial charge in [0.05, 0.1) is 34.3 Å². The molecule has 108 valence electrons. The summed E-state index contributed by atoms with van der Waals surface area (Å²) in [6.07, 6.45) is -4.76. The number of fused-ring (bicyclic) bond motifs is 1. The van der Waals surface area contributed by atoms with Crippen molar-refractivity contribution < 1.29 is 22.6 Å². The first kappa shape index (κ1) is 13.9. The SMILES string of the molecule is FC(F)(F)C1(c2nc3cc(Cl)c(Cl)cc3[nH]2)OCCO1. The minimum Gasteiger partial charge on any atom is -0.337 e. The highest BCUT2D eigenvalue weighted by molar-refractivity contribution is 6.42. The number of aromatic amines is 1. The number of rotatable bonds is 1. The lowest BCUT2D eigenvalue weighted by molar-refractivity contribution is -0.355. The van der Waals surface area contributed by atoms with Gasteiger partial charge in [0.2, 0.25) is 0 Å². The fourth-order valence-electron chi connectivity index (χ4n) is 2.01. The van der Waals surface area contributed by atoms with Crippen LogP contribution in [0.5, 0.6) is 0 Å². The van der Waals surface area contributed by atoms with Crippen LogP contribution in [-0.2, 0) is 15.3 Å². The first-order valence-electron chi connectivity index (χ1n) is 5.53. The molecule has 2 aromatic rings. The maximum atomic E-state index is 13.2. The smallest absolute Gasteiger partial charge is 0.337 e. The molecule has 0 aliphatic carbocycles. The Bertz CT molecular complexity index is 626. The van der Waals surface area contributed by atoms with E-state index >= 15 is 0 Å². The van der Waals surface area contributed by atoms with Gasteiger partial charge in [-0.25, -0.2) is 4.98 Å². The molecule has 1 saturated heterocycles. The first-order chi connectivity index (χ1) is 9.33. The molecule has 1 aliphatic rings. The molecular formula is C11H7Cl2F3N2O2. The van der Waals surface area contributed by atoms with Gasteiger partial charge in [-0.1, -0.05) is 23.2 Å². The van der Waals surface area contributed by atoms with Crippen molar-refractivity contribution in [2.24, 2.45) is 0 Å². The summed E-state index contributed by atoms with van der Waals surface area (Å²) < 4.78 is 49.2. The van der Waals surface area contributed by atoms with E-state index in [4.69, 9.17) is 32.7 Å². The summed E-state index contributed by atoms with van der Waals surface area (Å²) >= 11 is 11.6. The highest BCUT2D eigenvalue weighted by Gasteiger charge is 2.63. The normalized spacial score (nSPS) is 18.9. The number of imidazole rings is 1. The number of nitrogens with one attached hydrogen (secondary N) is 1. The Balaban J connectivity index is 2.18. The van der Waals surface area contributed by atoms with Gasteiger partial charge in [0.15, 0.2) is 5.82 Å². The summed E-state index contributed by atoms with van der Waals surface area (Å²) in [5, 5.41) is 0.412.